The molecule has 0 N–H and O–H groups in total. The molecular formula is C27H33N5O3S2. The van der Waals surface area contributed by atoms with E-state index in [-0.39, 0.29) is 10.8 Å². The number of rotatable bonds is 11. The van der Waals surface area contributed by atoms with Crippen LogP contribution in [0.25, 0.3) is 10.2 Å². The van der Waals surface area contributed by atoms with Gasteiger partial charge in [-0.2, -0.15) is 9.40 Å². The molecule has 0 atom stereocenters. The number of benzene rings is 2. The summed E-state index contributed by atoms with van der Waals surface area (Å²) in [6, 6.07) is 16.0. The Morgan fingerprint density at radius 3 is 2.38 bits per heavy atom. The quantitative estimate of drug-likeness (QED) is 0.259. The molecular weight excluding hydrogens is 506 g/mol. The lowest BCUT2D eigenvalue weighted by atomic mass is 10.2. The fourth-order valence-electron chi connectivity index (χ4n) is 4.21. The number of aromatic nitrogens is 3. The lowest BCUT2D eigenvalue weighted by molar-refractivity contribution is 0.0985. The van der Waals surface area contributed by atoms with Gasteiger partial charge in [-0.3, -0.25) is 14.4 Å². The first-order valence-corrected chi connectivity index (χ1v) is 14.8. The molecule has 2 heterocycles. The minimum atomic E-state index is -3.62. The van der Waals surface area contributed by atoms with Crippen molar-refractivity contribution in [2.45, 2.75) is 52.0 Å². The number of anilines is 1. The van der Waals surface area contributed by atoms with E-state index in [1.54, 1.807) is 17.0 Å². The highest BCUT2D eigenvalue weighted by Crippen LogP contribution is 2.30. The molecule has 0 aliphatic rings. The molecule has 0 fully saturated rings. The summed E-state index contributed by atoms with van der Waals surface area (Å²) < 4.78 is 30.6. The molecule has 0 unspecified atom stereocenters. The van der Waals surface area contributed by atoms with Crippen LogP contribution >= 0.6 is 11.3 Å². The largest absolute Gasteiger partial charge is 0.282 e. The zero-order chi connectivity index (χ0) is 26.6. The molecule has 0 bridgehead atoms. The summed E-state index contributed by atoms with van der Waals surface area (Å²) in [5, 5.41) is 5.12. The maximum absolute atomic E-state index is 13.7. The van der Waals surface area contributed by atoms with Gasteiger partial charge in [-0.15, -0.1) is 0 Å². The van der Waals surface area contributed by atoms with Gasteiger partial charge in [-0.1, -0.05) is 43.7 Å². The second-order valence-corrected chi connectivity index (χ2v) is 11.9. The average molecular weight is 540 g/mol. The smallest absolute Gasteiger partial charge is 0.260 e. The Morgan fingerprint density at radius 1 is 1.03 bits per heavy atom. The highest BCUT2D eigenvalue weighted by Gasteiger charge is 2.25. The standard InChI is InChI=1S/C27H33N5O3S2/c1-5-7-16-30(6-2)37(34,35)23-14-12-22(13-15-23)26(33)31(17-18-32-21(4)19-20(3)29-32)27-28-24-10-8-9-11-25(24)36-27/h8-15,19H,5-7,16-18H2,1-4H3. The third-order valence-electron chi connectivity index (χ3n) is 6.25. The number of carbonyl (C=O) groups excluding carboxylic acids is 1. The number of thiazole rings is 1. The molecule has 4 rings (SSSR count). The lowest BCUT2D eigenvalue weighted by Gasteiger charge is -2.22. The summed E-state index contributed by atoms with van der Waals surface area (Å²) in [5.41, 5.74) is 3.18. The van der Waals surface area contributed by atoms with Crippen LogP contribution < -0.4 is 4.90 Å². The van der Waals surface area contributed by atoms with Crippen LogP contribution in [-0.2, 0) is 16.6 Å². The summed E-state index contributed by atoms with van der Waals surface area (Å²) in [7, 11) is -3.62. The van der Waals surface area contributed by atoms with E-state index in [4.69, 9.17) is 4.98 Å². The first-order chi connectivity index (χ1) is 17.7. The van der Waals surface area contributed by atoms with Crippen molar-refractivity contribution in [1.82, 2.24) is 19.1 Å². The summed E-state index contributed by atoms with van der Waals surface area (Å²) >= 11 is 1.46. The van der Waals surface area contributed by atoms with Crippen LogP contribution in [0.1, 0.15) is 48.4 Å². The zero-order valence-corrected chi connectivity index (χ0v) is 23.3. The van der Waals surface area contributed by atoms with Crippen LogP contribution in [0.2, 0.25) is 0 Å². The van der Waals surface area contributed by atoms with Gasteiger partial charge in [0, 0.05) is 30.9 Å². The van der Waals surface area contributed by atoms with E-state index in [0.29, 0.717) is 36.9 Å². The first-order valence-electron chi connectivity index (χ1n) is 12.5. The minimum absolute atomic E-state index is 0.191. The fraction of sp³-hybridized carbons (Fsp3) is 0.370. The topological polar surface area (TPSA) is 88.4 Å². The summed E-state index contributed by atoms with van der Waals surface area (Å²) in [4.78, 5) is 20.3. The van der Waals surface area contributed by atoms with Crippen LogP contribution in [-0.4, -0.2) is 53.0 Å². The van der Waals surface area contributed by atoms with Crippen LogP contribution in [0.5, 0.6) is 0 Å². The Bertz CT molecular complexity index is 1440. The van der Waals surface area contributed by atoms with E-state index in [2.05, 4.69) is 5.10 Å². The number of hydrogen-bond donors (Lipinski definition) is 0. The Morgan fingerprint density at radius 2 is 1.76 bits per heavy atom. The molecule has 0 aliphatic carbocycles. The predicted molar refractivity (Wildman–Crippen MR) is 149 cm³/mol. The molecule has 0 aliphatic heterocycles. The summed E-state index contributed by atoms with van der Waals surface area (Å²) in [6.07, 6.45) is 1.72. The minimum Gasteiger partial charge on any atom is -0.282 e. The van der Waals surface area contributed by atoms with E-state index in [1.807, 2.05) is 62.7 Å². The average Bonchev–Trinajstić information content (AvgIpc) is 3.46. The molecule has 2 aromatic heterocycles. The van der Waals surface area contributed by atoms with Crippen molar-refractivity contribution in [3.63, 3.8) is 0 Å². The van der Waals surface area contributed by atoms with Gasteiger partial charge in [-0.25, -0.2) is 13.4 Å². The van der Waals surface area contributed by atoms with Gasteiger partial charge in [-0.05, 0) is 62.7 Å². The molecule has 1 amide bonds. The molecule has 0 radical (unpaired) electrons. The maximum Gasteiger partial charge on any atom is 0.260 e. The second-order valence-electron chi connectivity index (χ2n) is 8.95. The van der Waals surface area contributed by atoms with Crippen molar-refractivity contribution in [2.75, 3.05) is 24.5 Å². The van der Waals surface area contributed by atoms with E-state index in [0.717, 1.165) is 34.4 Å². The van der Waals surface area contributed by atoms with Gasteiger partial charge in [0.15, 0.2) is 5.13 Å². The number of para-hydroxylation sites is 1. The molecule has 8 nitrogen and oxygen atoms in total. The lowest BCUT2D eigenvalue weighted by Crippen LogP contribution is -2.34. The Hall–Kier alpha value is -3.08. The SMILES string of the molecule is CCCCN(CC)S(=O)(=O)c1ccc(C(=O)N(CCn2nc(C)cc2C)c2nc3ccccc3s2)cc1. The van der Waals surface area contributed by atoms with Gasteiger partial charge >= 0.3 is 0 Å². The van der Waals surface area contributed by atoms with E-state index in [9.17, 15) is 13.2 Å². The van der Waals surface area contributed by atoms with Crippen LogP contribution in [0.15, 0.2) is 59.5 Å². The number of nitrogens with zero attached hydrogens (tertiary/aromatic N) is 5. The van der Waals surface area contributed by atoms with Crippen molar-refractivity contribution in [3.8, 4) is 0 Å². The van der Waals surface area contributed by atoms with Crippen molar-refractivity contribution in [2.24, 2.45) is 0 Å². The number of sulfonamides is 1. The zero-order valence-electron chi connectivity index (χ0n) is 21.7. The van der Waals surface area contributed by atoms with Crippen LogP contribution in [0.3, 0.4) is 0 Å². The van der Waals surface area contributed by atoms with Gasteiger partial charge in [0.05, 0.1) is 27.4 Å². The van der Waals surface area contributed by atoms with Gasteiger partial charge < -0.3 is 0 Å². The molecule has 10 heteroatoms. The second kappa shape index (κ2) is 11.5. The summed E-state index contributed by atoms with van der Waals surface area (Å²) in [6.45, 7) is 9.57. The number of aryl methyl sites for hydroxylation is 2. The monoisotopic (exact) mass is 539 g/mol. The fourth-order valence-corrected chi connectivity index (χ4v) is 6.69. The predicted octanol–water partition coefficient (Wildman–Crippen LogP) is 5.27. The molecule has 0 saturated heterocycles. The Balaban J connectivity index is 1.62. The molecule has 196 valence electrons. The molecule has 0 saturated carbocycles. The number of carbonyl (C=O) groups is 1. The normalized spacial score (nSPS) is 11.9. The molecule has 0 spiro atoms. The van der Waals surface area contributed by atoms with E-state index in [1.165, 1.54) is 27.8 Å². The summed E-state index contributed by atoms with van der Waals surface area (Å²) in [5.74, 6) is -0.233. The highest BCUT2D eigenvalue weighted by molar-refractivity contribution is 7.89. The number of amides is 1. The van der Waals surface area contributed by atoms with Crippen LogP contribution in [0.4, 0.5) is 5.13 Å². The van der Waals surface area contributed by atoms with E-state index < -0.39 is 10.0 Å². The Kier molecular flexibility index (Phi) is 8.41. The molecule has 37 heavy (non-hydrogen) atoms. The van der Waals surface area contributed by atoms with Crippen molar-refractivity contribution >= 4 is 42.6 Å². The maximum atomic E-state index is 13.7. The molecule has 2 aromatic carbocycles. The molecule has 4 aromatic rings. The number of fused-ring (bicyclic) bond motifs is 1. The number of hydrogen-bond acceptors (Lipinski definition) is 6. The Labute approximate surface area is 222 Å². The van der Waals surface area contributed by atoms with Crippen molar-refractivity contribution < 1.29 is 13.2 Å². The van der Waals surface area contributed by atoms with Gasteiger partial charge in [0.25, 0.3) is 5.91 Å². The highest BCUT2D eigenvalue weighted by atomic mass is 32.2. The van der Waals surface area contributed by atoms with Crippen LogP contribution in [0, 0.1) is 13.8 Å². The van der Waals surface area contributed by atoms with Crippen molar-refractivity contribution in [1.29, 1.82) is 0 Å². The van der Waals surface area contributed by atoms with Crippen molar-refractivity contribution in [3.05, 3.63) is 71.5 Å². The first kappa shape index (κ1) is 27.0. The third-order valence-corrected chi connectivity index (χ3v) is 9.30. The third kappa shape index (κ3) is 5.92. The van der Waals surface area contributed by atoms with E-state index >= 15 is 0 Å². The van der Waals surface area contributed by atoms with Gasteiger partial charge in [0.2, 0.25) is 10.0 Å². The number of unbranched alkanes of at least 4 members (excludes halogenated alkanes) is 1. The van der Waals surface area contributed by atoms with Gasteiger partial charge in [0.1, 0.15) is 0 Å².